The van der Waals surface area contributed by atoms with Crippen molar-refractivity contribution >= 4 is 0 Å². The molecule has 3 saturated heterocycles. The molecule has 3 aliphatic heterocycles. The van der Waals surface area contributed by atoms with Crippen LogP contribution in [0.15, 0.2) is 0 Å². The third-order valence-corrected chi connectivity index (χ3v) is 6.25. The van der Waals surface area contributed by atoms with Crippen LogP contribution in [0.1, 0.15) is 6.92 Å². The summed E-state index contributed by atoms with van der Waals surface area (Å²) in [6.45, 7) is 0.347. The molecule has 0 aliphatic carbocycles. The van der Waals surface area contributed by atoms with Crippen molar-refractivity contribution in [1.82, 2.24) is 0 Å². The Kier molecular flexibility index (Phi) is 9.57. The predicted molar refractivity (Wildman–Crippen MR) is 105 cm³/mol. The molecule has 15 nitrogen and oxygen atoms in total. The molecule has 15 atom stereocenters. The van der Waals surface area contributed by atoms with Gasteiger partial charge in [-0.05, 0) is 6.92 Å². The van der Waals surface area contributed by atoms with E-state index in [0.29, 0.717) is 0 Å². The summed E-state index contributed by atoms with van der Waals surface area (Å²) in [5.41, 5.74) is 0. The van der Waals surface area contributed by atoms with E-state index in [1.54, 1.807) is 0 Å². The van der Waals surface area contributed by atoms with Crippen molar-refractivity contribution in [3.05, 3.63) is 0 Å². The van der Waals surface area contributed by atoms with Gasteiger partial charge in [0.1, 0.15) is 67.1 Å². The van der Waals surface area contributed by atoms with E-state index in [0.717, 1.165) is 0 Å². The van der Waals surface area contributed by atoms with Crippen molar-refractivity contribution in [2.24, 2.45) is 0 Å². The molecule has 0 saturated carbocycles. The van der Waals surface area contributed by atoms with Crippen LogP contribution in [-0.2, 0) is 28.4 Å². The molecule has 200 valence electrons. The first-order valence-electron chi connectivity index (χ1n) is 10.8. The lowest BCUT2D eigenvalue weighted by atomic mass is 9.97. The van der Waals surface area contributed by atoms with Gasteiger partial charge in [0.25, 0.3) is 0 Å². The van der Waals surface area contributed by atoms with Gasteiger partial charge in [0.05, 0.1) is 19.3 Å². The molecule has 0 spiro atoms. The molecule has 0 aromatic carbocycles. The van der Waals surface area contributed by atoms with Gasteiger partial charge in [0.2, 0.25) is 0 Å². The van der Waals surface area contributed by atoms with Crippen molar-refractivity contribution in [1.29, 1.82) is 0 Å². The molecule has 0 amide bonds. The van der Waals surface area contributed by atoms with Crippen LogP contribution in [0.25, 0.3) is 0 Å². The Balaban J connectivity index is 1.63. The van der Waals surface area contributed by atoms with Crippen LogP contribution in [0.4, 0.5) is 0 Å². The Morgan fingerprint density at radius 3 is 1.79 bits per heavy atom. The van der Waals surface area contributed by atoms with Gasteiger partial charge in [-0.25, -0.2) is 0 Å². The fraction of sp³-hybridized carbons (Fsp3) is 1.00. The van der Waals surface area contributed by atoms with E-state index in [1.807, 2.05) is 0 Å². The predicted octanol–water partition coefficient (Wildman–Crippen LogP) is -5.89. The fourth-order valence-corrected chi connectivity index (χ4v) is 4.05. The SMILES string of the molecule is COC1OC(COC2OC(C)C(O)C(O)C2O)C(O)C(O)C1OC1OC(CO)C(O)C(O)C1O. The molecule has 3 aliphatic rings. The summed E-state index contributed by atoms with van der Waals surface area (Å²) in [6, 6.07) is 0. The molecule has 0 aromatic rings. The maximum absolute atomic E-state index is 10.6. The van der Waals surface area contributed by atoms with Crippen molar-refractivity contribution in [3.8, 4) is 0 Å². The number of hydrogen-bond donors (Lipinski definition) is 9. The number of rotatable bonds is 7. The van der Waals surface area contributed by atoms with Crippen molar-refractivity contribution in [2.75, 3.05) is 20.3 Å². The second-order valence-corrected chi connectivity index (χ2v) is 8.57. The average molecular weight is 502 g/mol. The highest BCUT2D eigenvalue weighted by atomic mass is 16.8. The number of hydrogen-bond acceptors (Lipinski definition) is 15. The van der Waals surface area contributed by atoms with Gasteiger partial charge in [0, 0.05) is 7.11 Å². The lowest BCUT2D eigenvalue weighted by Gasteiger charge is -2.46. The number of ether oxygens (including phenoxy) is 6. The van der Waals surface area contributed by atoms with Gasteiger partial charge in [-0.15, -0.1) is 0 Å². The Bertz CT molecular complexity index is 637. The Morgan fingerprint density at radius 2 is 1.18 bits per heavy atom. The summed E-state index contributed by atoms with van der Waals surface area (Å²) in [5.74, 6) is 0. The minimum Gasteiger partial charge on any atom is -0.394 e. The number of aliphatic hydroxyl groups excluding tert-OH is 9. The molecule has 0 bridgehead atoms. The van der Waals surface area contributed by atoms with Crippen LogP contribution in [0.2, 0.25) is 0 Å². The van der Waals surface area contributed by atoms with E-state index in [-0.39, 0.29) is 0 Å². The lowest BCUT2D eigenvalue weighted by molar-refractivity contribution is -0.369. The smallest absolute Gasteiger partial charge is 0.187 e. The maximum Gasteiger partial charge on any atom is 0.187 e. The number of methoxy groups -OCH3 is 1. The van der Waals surface area contributed by atoms with E-state index in [9.17, 15) is 46.0 Å². The van der Waals surface area contributed by atoms with E-state index < -0.39 is 105 Å². The zero-order valence-corrected chi connectivity index (χ0v) is 18.5. The molecule has 34 heavy (non-hydrogen) atoms. The highest BCUT2D eigenvalue weighted by Crippen LogP contribution is 2.30. The summed E-state index contributed by atoms with van der Waals surface area (Å²) in [7, 11) is 1.21. The molecule has 15 heteroatoms. The molecule has 15 unspecified atom stereocenters. The van der Waals surface area contributed by atoms with Crippen LogP contribution in [0, 0.1) is 0 Å². The van der Waals surface area contributed by atoms with Gasteiger partial charge in [-0.1, -0.05) is 0 Å². The fourth-order valence-electron chi connectivity index (χ4n) is 4.05. The third-order valence-electron chi connectivity index (χ3n) is 6.25. The van der Waals surface area contributed by atoms with Gasteiger partial charge in [-0.2, -0.15) is 0 Å². The molecule has 0 radical (unpaired) electrons. The molecule has 0 aromatic heterocycles. The Morgan fingerprint density at radius 1 is 0.618 bits per heavy atom. The van der Waals surface area contributed by atoms with Gasteiger partial charge in [0.15, 0.2) is 18.9 Å². The van der Waals surface area contributed by atoms with Gasteiger partial charge in [-0.3, -0.25) is 0 Å². The molecule has 3 rings (SSSR count). The maximum atomic E-state index is 10.6. The van der Waals surface area contributed by atoms with Gasteiger partial charge < -0.3 is 74.4 Å². The van der Waals surface area contributed by atoms with E-state index in [4.69, 9.17) is 28.4 Å². The normalized spacial score (nSPS) is 52.5. The third kappa shape index (κ3) is 5.54. The molecule has 3 fully saturated rings. The van der Waals surface area contributed by atoms with E-state index in [2.05, 4.69) is 0 Å². The first kappa shape index (κ1) is 28.0. The van der Waals surface area contributed by atoms with Gasteiger partial charge >= 0.3 is 0 Å². The minimum atomic E-state index is -1.76. The second kappa shape index (κ2) is 11.6. The molecule has 9 N–H and O–H groups in total. The highest BCUT2D eigenvalue weighted by molar-refractivity contribution is 4.94. The standard InChI is InChI=1S/C19H34O15/c1-5-8(21)11(24)14(27)17(31-5)30-4-7-10(23)13(26)16(19(29-2)33-7)34-18-15(28)12(25)9(22)6(3-20)32-18/h5-28H,3-4H2,1-2H3. The van der Waals surface area contributed by atoms with Crippen LogP contribution < -0.4 is 0 Å². The largest absolute Gasteiger partial charge is 0.394 e. The summed E-state index contributed by atoms with van der Waals surface area (Å²) in [5, 5.41) is 90.1. The molecular weight excluding hydrogens is 468 g/mol. The monoisotopic (exact) mass is 502 g/mol. The van der Waals surface area contributed by atoms with Crippen molar-refractivity contribution in [3.63, 3.8) is 0 Å². The number of aliphatic hydroxyl groups is 9. The van der Waals surface area contributed by atoms with Crippen LogP contribution >= 0.6 is 0 Å². The molecular formula is C19H34O15. The van der Waals surface area contributed by atoms with Crippen molar-refractivity contribution in [2.45, 2.75) is 99.0 Å². The van der Waals surface area contributed by atoms with Crippen LogP contribution in [-0.4, -0.2) is 158 Å². The summed E-state index contributed by atoms with van der Waals surface area (Å²) >= 11 is 0. The zero-order valence-electron chi connectivity index (χ0n) is 18.5. The summed E-state index contributed by atoms with van der Waals surface area (Å²) < 4.78 is 32.2. The average Bonchev–Trinajstić information content (AvgIpc) is 2.83. The van der Waals surface area contributed by atoms with Crippen LogP contribution in [0.5, 0.6) is 0 Å². The minimum absolute atomic E-state index is 0.428. The van der Waals surface area contributed by atoms with E-state index >= 15 is 0 Å². The summed E-state index contributed by atoms with van der Waals surface area (Å²) in [4.78, 5) is 0. The molecule has 3 heterocycles. The lowest BCUT2D eigenvalue weighted by Crippen LogP contribution is -2.65. The first-order chi connectivity index (χ1) is 16.0. The van der Waals surface area contributed by atoms with Crippen molar-refractivity contribution < 1.29 is 74.4 Å². The zero-order chi connectivity index (χ0) is 25.3. The quantitative estimate of drug-likeness (QED) is 0.157. The topological polar surface area (TPSA) is 237 Å². The first-order valence-corrected chi connectivity index (χ1v) is 10.8. The summed E-state index contributed by atoms with van der Waals surface area (Å²) in [6.07, 6.45) is -21.9. The second-order valence-electron chi connectivity index (χ2n) is 8.57. The van der Waals surface area contributed by atoms with Crippen LogP contribution in [0.3, 0.4) is 0 Å². The van der Waals surface area contributed by atoms with E-state index in [1.165, 1.54) is 14.0 Å². The Hall–Kier alpha value is -0.600. The Labute approximate surface area is 194 Å². The highest BCUT2D eigenvalue weighted by Gasteiger charge is 2.51.